The Kier molecular flexibility index (Phi) is 7.55. The second-order valence-corrected chi connectivity index (χ2v) is 7.33. The highest BCUT2D eigenvalue weighted by atomic mass is 32.1. The molecule has 0 atom stereocenters. The van der Waals surface area contributed by atoms with Crippen LogP contribution in [0.2, 0.25) is 0 Å². The van der Waals surface area contributed by atoms with Crippen molar-refractivity contribution in [3.63, 3.8) is 0 Å². The maximum absolute atomic E-state index is 12.5. The van der Waals surface area contributed by atoms with Crippen LogP contribution >= 0.6 is 11.3 Å². The molecule has 2 aromatic carbocycles. The topological polar surface area (TPSA) is 76.7 Å². The smallest absolute Gasteiger partial charge is 0.387 e. The summed E-state index contributed by atoms with van der Waals surface area (Å²) in [4.78, 5) is 25.0. The van der Waals surface area contributed by atoms with E-state index in [1.807, 2.05) is 5.38 Å². The average Bonchev–Trinajstić information content (AvgIpc) is 3.29. The Morgan fingerprint density at radius 2 is 1.81 bits per heavy atom. The first-order valence-corrected chi connectivity index (χ1v) is 10.2. The normalized spacial score (nSPS) is 10.6. The van der Waals surface area contributed by atoms with Crippen molar-refractivity contribution in [3.8, 4) is 11.5 Å². The number of nitrogens with one attached hydrogen (secondary N) is 2. The van der Waals surface area contributed by atoms with Gasteiger partial charge in [0.15, 0.2) is 11.5 Å². The molecule has 1 heterocycles. The van der Waals surface area contributed by atoms with Gasteiger partial charge in [0.05, 0.1) is 12.0 Å². The van der Waals surface area contributed by atoms with Crippen LogP contribution in [0.3, 0.4) is 0 Å². The van der Waals surface area contributed by atoms with Crippen molar-refractivity contribution in [2.45, 2.75) is 13.0 Å². The number of carbonyl (C=O) groups is 2. The summed E-state index contributed by atoms with van der Waals surface area (Å²) in [7, 11) is 1.37. The molecule has 31 heavy (non-hydrogen) atoms. The molecule has 0 aliphatic carbocycles. The fourth-order valence-corrected chi connectivity index (χ4v) is 3.41. The van der Waals surface area contributed by atoms with E-state index >= 15 is 0 Å². The maximum Gasteiger partial charge on any atom is 0.387 e. The summed E-state index contributed by atoms with van der Waals surface area (Å²) in [6.07, 6.45) is 0.421. The van der Waals surface area contributed by atoms with Gasteiger partial charge in [-0.2, -0.15) is 8.78 Å². The van der Waals surface area contributed by atoms with Crippen LogP contribution in [0, 0.1) is 0 Å². The van der Waals surface area contributed by atoms with E-state index in [9.17, 15) is 18.4 Å². The molecule has 0 aliphatic rings. The van der Waals surface area contributed by atoms with Crippen LogP contribution in [-0.4, -0.2) is 32.1 Å². The standard InChI is InChI=1S/C22H20F2N2O4S/c1-29-17-9-4-14(13-18(17)30-22(23)24)10-11-25-20(27)15-5-7-16(8-6-15)26-21(28)19-3-2-12-31-19/h2-9,12-13,22H,10-11H2,1H3,(H,25,27)(H,26,28). The van der Waals surface area contributed by atoms with Gasteiger partial charge >= 0.3 is 6.61 Å². The molecule has 6 nitrogen and oxygen atoms in total. The molecular formula is C22H20F2N2O4S. The molecular weight excluding hydrogens is 426 g/mol. The molecule has 0 fully saturated rings. The zero-order chi connectivity index (χ0) is 22.2. The first kappa shape index (κ1) is 22.2. The van der Waals surface area contributed by atoms with E-state index in [4.69, 9.17) is 4.74 Å². The van der Waals surface area contributed by atoms with E-state index in [0.29, 0.717) is 34.7 Å². The number of alkyl halides is 2. The van der Waals surface area contributed by atoms with Gasteiger partial charge in [-0.15, -0.1) is 11.3 Å². The van der Waals surface area contributed by atoms with Crippen molar-refractivity contribution in [2.75, 3.05) is 19.0 Å². The van der Waals surface area contributed by atoms with Crippen molar-refractivity contribution < 1.29 is 27.8 Å². The van der Waals surface area contributed by atoms with E-state index in [1.54, 1.807) is 42.5 Å². The van der Waals surface area contributed by atoms with Gasteiger partial charge in [-0.1, -0.05) is 12.1 Å². The highest BCUT2D eigenvalue weighted by molar-refractivity contribution is 7.12. The number of methoxy groups -OCH3 is 1. The number of amides is 2. The second-order valence-electron chi connectivity index (χ2n) is 6.38. The SMILES string of the molecule is COc1ccc(CCNC(=O)c2ccc(NC(=O)c3cccs3)cc2)cc1OC(F)F. The third kappa shape index (κ3) is 6.26. The van der Waals surface area contributed by atoms with Crippen molar-refractivity contribution >= 4 is 28.8 Å². The van der Waals surface area contributed by atoms with E-state index in [0.717, 1.165) is 0 Å². The predicted octanol–water partition coefficient (Wildman–Crippen LogP) is 4.58. The van der Waals surface area contributed by atoms with Crippen LogP contribution in [0.5, 0.6) is 11.5 Å². The molecule has 162 valence electrons. The molecule has 2 N–H and O–H groups in total. The Bertz CT molecular complexity index is 1020. The van der Waals surface area contributed by atoms with Crippen molar-refractivity contribution in [1.82, 2.24) is 5.32 Å². The van der Waals surface area contributed by atoms with Crippen LogP contribution in [0.4, 0.5) is 14.5 Å². The highest BCUT2D eigenvalue weighted by Gasteiger charge is 2.12. The first-order chi connectivity index (χ1) is 15.0. The van der Waals surface area contributed by atoms with Crippen LogP contribution < -0.4 is 20.1 Å². The zero-order valence-corrected chi connectivity index (χ0v) is 17.4. The summed E-state index contributed by atoms with van der Waals surface area (Å²) in [5.41, 5.74) is 1.73. The maximum atomic E-state index is 12.5. The molecule has 1 aromatic heterocycles. The number of benzene rings is 2. The van der Waals surface area contributed by atoms with Gasteiger partial charge in [-0.05, 0) is 59.8 Å². The summed E-state index contributed by atoms with van der Waals surface area (Å²) < 4.78 is 34.5. The average molecular weight is 446 g/mol. The Labute approximate surface area is 181 Å². The summed E-state index contributed by atoms with van der Waals surface area (Å²) in [5, 5.41) is 7.36. The van der Waals surface area contributed by atoms with Crippen LogP contribution in [0.15, 0.2) is 60.0 Å². The molecule has 0 bridgehead atoms. The number of anilines is 1. The summed E-state index contributed by atoms with van der Waals surface area (Å²) in [6, 6.07) is 14.8. The monoisotopic (exact) mass is 446 g/mol. The summed E-state index contributed by atoms with van der Waals surface area (Å²) >= 11 is 1.34. The number of hydrogen-bond acceptors (Lipinski definition) is 5. The van der Waals surface area contributed by atoms with E-state index < -0.39 is 6.61 Å². The minimum Gasteiger partial charge on any atom is -0.493 e. The lowest BCUT2D eigenvalue weighted by Crippen LogP contribution is -2.25. The number of rotatable bonds is 9. The molecule has 0 spiro atoms. The Balaban J connectivity index is 1.52. The van der Waals surface area contributed by atoms with Gasteiger partial charge in [0, 0.05) is 17.8 Å². The molecule has 0 saturated heterocycles. The van der Waals surface area contributed by atoms with Crippen LogP contribution in [0.1, 0.15) is 25.6 Å². The van der Waals surface area contributed by atoms with Crippen LogP contribution in [0.25, 0.3) is 0 Å². The van der Waals surface area contributed by atoms with Gasteiger partial charge in [0.25, 0.3) is 11.8 Å². The fraction of sp³-hybridized carbons (Fsp3) is 0.182. The Morgan fingerprint density at radius 1 is 1.03 bits per heavy atom. The van der Waals surface area contributed by atoms with Crippen molar-refractivity contribution in [2.24, 2.45) is 0 Å². The molecule has 2 amide bonds. The van der Waals surface area contributed by atoms with E-state index in [2.05, 4.69) is 15.4 Å². The van der Waals surface area contributed by atoms with E-state index in [-0.39, 0.29) is 23.3 Å². The lowest BCUT2D eigenvalue weighted by Gasteiger charge is -2.12. The number of hydrogen-bond donors (Lipinski definition) is 2. The third-order valence-corrected chi connectivity index (χ3v) is 5.16. The van der Waals surface area contributed by atoms with Crippen molar-refractivity contribution in [3.05, 3.63) is 76.0 Å². The molecule has 0 saturated carbocycles. The molecule has 9 heteroatoms. The highest BCUT2D eigenvalue weighted by Crippen LogP contribution is 2.29. The van der Waals surface area contributed by atoms with Gasteiger partial charge in [-0.3, -0.25) is 9.59 Å². The summed E-state index contributed by atoms with van der Waals surface area (Å²) in [5.74, 6) is -0.337. The molecule has 3 aromatic rings. The Morgan fingerprint density at radius 3 is 2.45 bits per heavy atom. The second kappa shape index (κ2) is 10.5. The van der Waals surface area contributed by atoms with Gasteiger partial charge in [0.1, 0.15) is 0 Å². The molecule has 0 radical (unpaired) electrons. The van der Waals surface area contributed by atoms with E-state index in [1.165, 1.54) is 30.6 Å². The quantitative estimate of drug-likeness (QED) is 0.504. The van der Waals surface area contributed by atoms with Gasteiger partial charge < -0.3 is 20.1 Å². The molecule has 3 rings (SSSR count). The lowest BCUT2D eigenvalue weighted by atomic mass is 10.1. The summed E-state index contributed by atoms with van der Waals surface area (Å²) in [6.45, 7) is -2.65. The predicted molar refractivity (Wildman–Crippen MR) is 114 cm³/mol. The largest absolute Gasteiger partial charge is 0.493 e. The zero-order valence-electron chi connectivity index (χ0n) is 16.6. The minimum atomic E-state index is -2.96. The lowest BCUT2D eigenvalue weighted by molar-refractivity contribution is -0.0512. The Hall–Kier alpha value is -3.46. The van der Waals surface area contributed by atoms with Crippen molar-refractivity contribution in [1.29, 1.82) is 0 Å². The molecule has 0 unspecified atom stereocenters. The van der Waals surface area contributed by atoms with Crippen LogP contribution in [-0.2, 0) is 6.42 Å². The number of carbonyl (C=O) groups excluding carboxylic acids is 2. The number of halogens is 2. The third-order valence-electron chi connectivity index (χ3n) is 4.29. The first-order valence-electron chi connectivity index (χ1n) is 9.31. The van der Waals surface area contributed by atoms with Gasteiger partial charge in [0.2, 0.25) is 0 Å². The number of thiophene rings is 1. The minimum absolute atomic E-state index is 0.0542. The van der Waals surface area contributed by atoms with Gasteiger partial charge in [-0.25, -0.2) is 0 Å². The number of ether oxygens (including phenoxy) is 2. The fourth-order valence-electron chi connectivity index (χ4n) is 2.79. The molecule has 0 aliphatic heterocycles.